The number of hydrogen-bond donors (Lipinski definition) is 1. The highest BCUT2D eigenvalue weighted by atomic mass is 19.4. The van der Waals surface area contributed by atoms with E-state index in [-0.39, 0.29) is 0 Å². The van der Waals surface area contributed by atoms with Gasteiger partial charge in [-0.3, -0.25) is 4.68 Å². The molecule has 1 aromatic rings. The van der Waals surface area contributed by atoms with Crippen molar-refractivity contribution in [1.29, 1.82) is 0 Å². The molecule has 0 spiro atoms. The van der Waals surface area contributed by atoms with Crippen LogP contribution in [0.5, 0.6) is 0 Å². The summed E-state index contributed by atoms with van der Waals surface area (Å²) in [7, 11) is 0. The van der Waals surface area contributed by atoms with Crippen LogP contribution >= 0.6 is 0 Å². The van der Waals surface area contributed by atoms with E-state index in [1.807, 2.05) is 6.92 Å². The van der Waals surface area contributed by atoms with Crippen molar-refractivity contribution in [3.63, 3.8) is 0 Å². The van der Waals surface area contributed by atoms with Crippen molar-refractivity contribution in [3.8, 4) is 0 Å². The molecule has 0 aromatic carbocycles. The molecule has 80 valence electrons. The van der Waals surface area contributed by atoms with Crippen molar-refractivity contribution >= 4 is 0 Å². The zero-order chi connectivity index (χ0) is 10.8. The summed E-state index contributed by atoms with van der Waals surface area (Å²) < 4.78 is 38.0. The highest BCUT2D eigenvalue weighted by Gasteiger charge is 2.40. The molecule has 0 fully saturated rings. The normalized spacial score (nSPS) is 14.4. The first kappa shape index (κ1) is 11.0. The molecule has 0 saturated heterocycles. The predicted molar refractivity (Wildman–Crippen MR) is 45.8 cm³/mol. The average Bonchev–Trinajstić information content (AvgIpc) is 2.51. The molecule has 0 aliphatic rings. The molecule has 0 saturated carbocycles. The summed E-state index contributed by atoms with van der Waals surface area (Å²) in [5, 5.41) is 3.64. The molecule has 1 aromatic heterocycles. The monoisotopic (exact) mass is 207 g/mol. The van der Waals surface area contributed by atoms with E-state index >= 15 is 0 Å². The standard InChI is InChI=1S/C8H12F3N3/c1-2-6-4-13-14(5-6)7(3-12)8(9,10)11/h4-5,7H,2-3,12H2,1H3. The summed E-state index contributed by atoms with van der Waals surface area (Å²) in [6.07, 6.45) is -0.875. The Hall–Kier alpha value is -1.04. The van der Waals surface area contributed by atoms with E-state index in [0.29, 0.717) is 6.42 Å². The van der Waals surface area contributed by atoms with Gasteiger partial charge in [-0.1, -0.05) is 6.92 Å². The van der Waals surface area contributed by atoms with E-state index in [4.69, 9.17) is 5.73 Å². The zero-order valence-electron chi connectivity index (χ0n) is 7.75. The van der Waals surface area contributed by atoms with Crippen molar-refractivity contribution in [2.24, 2.45) is 5.73 Å². The molecule has 1 atom stereocenters. The first-order valence-corrected chi connectivity index (χ1v) is 4.28. The van der Waals surface area contributed by atoms with Crippen LogP contribution in [0.2, 0.25) is 0 Å². The van der Waals surface area contributed by atoms with E-state index in [1.54, 1.807) is 0 Å². The fourth-order valence-corrected chi connectivity index (χ4v) is 1.12. The highest BCUT2D eigenvalue weighted by molar-refractivity contribution is 5.04. The van der Waals surface area contributed by atoms with E-state index in [1.165, 1.54) is 12.4 Å². The molecule has 14 heavy (non-hydrogen) atoms. The van der Waals surface area contributed by atoms with Crippen molar-refractivity contribution in [2.45, 2.75) is 25.6 Å². The number of aromatic nitrogens is 2. The van der Waals surface area contributed by atoms with Crippen LogP contribution in [-0.4, -0.2) is 22.5 Å². The van der Waals surface area contributed by atoms with Crippen LogP contribution in [0, 0.1) is 0 Å². The fourth-order valence-electron chi connectivity index (χ4n) is 1.12. The predicted octanol–water partition coefficient (Wildman–Crippen LogP) is 1.51. The first-order chi connectivity index (χ1) is 6.49. The van der Waals surface area contributed by atoms with Crippen molar-refractivity contribution < 1.29 is 13.2 Å². The molecule has 6 heteroatoms. The number of nitrogens with zero attached hydrogens (tertiary/aromatic N) is 2. The Morgan fingerprint density at radius 2 is 2.21 bits per heavy atom. The van der Waals surface area contributed by atoms with Gasteiger partial charge in [0.25, 0.3) is 0 Å². The Labute approximate surface area is 79.7 Å². The van der Waals surface area contributed by atoms with E-state index in [0.717, 1.165) is 10.2 Å². The summed E-state index contributed by atoms with van der Waals surface area (Å²) in [4.78, 5) is 0. The van der Waals surface area contributed by atoms with Gasteiger partial charge in [0, 0.05) is 12.7 Å². The maximum atomic E-state index is 12.4. The number of nitrogens with two attached hydrogens (primary N) is 1. The quantitative estimate of drug-likeness (QED) is 0.816. The van der Waals surface area contributed by atoms with Gasteiger partial charge in [-0.15, -0.1) is 0 Å². The van der Waals surface area contributed by atoms with Crippen LogP contribution in [0.4, 0.5) is 13.2 Å². The molecule has 1 rings (SSSR count). The van der Waals surface area contributed by atoms with Gasteiger partial charge in [-0.2, -0.15) is 18.3 Å². The SMILES string of the molecule is CCc1cnn(C(CN)C(F)(F)F)c1. The Morgan fingerprint density at radius 3 is 2.57 bits per heavy atom. The molecule has 0 aliphatic heterocycles. The third-order valence-electron chi connectivity index (χ3n) is 1.98. The Bertz CT molecular complexity index is 292. The Balaban J connectivity index is 2.90. The highest BCUT2D eigenvalue weighted by Crippen LogP contribution is 2.29. The molecular formula is C8H12F3N3. The van der Waals surface area contributed by atoms with Crippen molar-refractivity contribution in [3.05, 3.63) is 18.0 Å². The summed E-state index contributed by atoms with van der Waals surface area (Å²) in [5.74, 6) is 0. The Kier molecular flexibility index (Phi) is 3.15. The molecule has 3 nitrogen and oxygen atoms in total. The van der Waals surface area contributed by atoms with Gasteiger partial charge in [0.1, 0.15) is 0 Å². The van der Waals surface area contributed by atoms with Crippen molar-refractivity contribution in [2.75, 3.05) is 6.54 Å². The van der Waals surface area contributed by atoms with Gasteiger partial charge < -0.3 is 5.73 Å². The molecular weight excluding hydrogens is 195 g/mol. The lowest BCUT2D eigenvalue weighted by Crippen LogP contribution is -2.33. The lowest BCUT2D eigenvalue weighted by Gasteiger charge is -2.18. The minimum absolute atomic E-state index is 0.492. The molecule has 0 aliphatic carbocycles. The topological polar surface area (TPSA) is 43.8 Å². The molecule has 1 heterocycles. The molecule has 0 amide bonds. The average molecular weight is 207 g/mol. The summed E-state index contributed by atoms with van der Waals surface area (Å²) in [6, 6.07) is -1.72. The molecule has 0 radical (unpaired) electrons. The third-order valence-corrected chi connectivity index (χ3v) is 1.98. The van der Waals surface area contributed by atoms with Gasteiger partial charge in [0.2, 0.25) is 0 Å². The van der Waals surface area contributed by atoms with Gasteiger partial charge in [0.15, 0.2) is 6.04 Å². The number of alkyl halides is 3. The van der Waals surface area contributed by atoms with Crippen molar-refractivity contribution in [1.82, 2.24) is 9.78 Å². The lowest BCUT2D eigenvalue weighted by atomic mass is 10.2. The van der Waals surface area contributed by atoms with Crippen LogP contribution in [0.25, 0.3) is 0 Å². The second-order valence-corrected chi connectivity index (χ2v) is 2.98. The maximum absolute atomic E-state index is 12.4. The van der Waals surface area contributed by atoms with Crippen LogP contribution < -0.4 is 5.73 Å². The summed E-state index contributed by atoms with van der Waals surface area (Å²) in [6.45, 7) is 1.36. The minimum atomic E-state index is -4.34. The molecule has 1 unspecified atom stereocenters. The number of aryl methyl sites for hydroxylation is 1. The van der Waals surface area contributed by atoms with Gasteiger partial charge in [0.05, 0.1) is 6.20 Å². The lowest BCUT2D eigenvalue weighted by molar-refractivity contribution is -0.167. The van der Waals surface area contributed by atoms with Gasteiger partial charge >= 0.3 is 6.18 Å². The Morgan fingerprint density at radius 1 is 1.57 bits per heavy atom. The van der Waals surface area contributed by atoms with Gasteiger partial charge in [-0.05, 0) is 12.0 Å². The number of rotatable bonds is 3. The zero-order valence-corrected chi connectivity index (χ0v) is 7.75. The van der Waals surface area contributed by atoms with Crippen LogP contribution in [0.1, 0.15) is 18.5 Å². The second kappa shape index (κ2) is 4.00. The largest absolute Gasteiger partial charge is 0.412 e. The fraction of sp³-hybridized carbons (Fsp3) is 0.625. The maximum Gasteiger partial charge on any atom is 0.412 e. The number of hydrogen-bond acceptors (Lipinski definition) is 2. The van der Waals surface area contributed by atoms with Gasteiger partial charge in [-0.25, -0.2) is 0 Å². The minimum Gasteiger partial charge on any atom is -0.328 e. The smallest absolute Gasteiger partial charge is 0.328 e. The van der Waals surface area contributed by atoms with E-state index in [2.05, 4.69) is 5.10 Å². The van der Waals surface area contributed by atoms with E-state index < -0.39 is 18.8 Å². The van der Waals surface area contributed by atoms with Crippen LogP contribution in [-0.2, 0) is 6.42 Å². The summed E-state index contributed by atoms with van der Waals surface area (Å²) in [5.41, 5.74) is 5.83. The third kappa shape index (κ3) is 2.25. The van der Waals surface area contributed by atoms with E-state index in [9.17, 15) is 13.2 Å². The molecule has 0 bridgehead atoms. The number of halogens is 3. The van der Waals surface area contributed by atoms with Crippen LogP contribution in [0.15, 0.2) is 12.4 Å². The summed E-state index contributed by atoms with van der Waals surface area (Å²) >= 11 is 0. The van der Waals surface area contributed by atoms with Crippen LogP contribution in [0.3, 0.4) is 0 Å². The second-order valence-electron chi connectivity index (χ2n) is 2.98. The first-order valence-electron chi connectivity index (χ1n) is 4.28. The molecule has 2 N–H and O–H groups in total.